The van der Waals surface area contributed by atoms with E-state index in [0.717, 1.165) is 0 Å². The van der Waals surface area contributed by atoms with Gasteiger partial charge >= 0.3 is 5.97 Å². The standard InChI is InChI=1S/C15H14O5/c1-19-13-7-6-10(8-11(13)15(17)18)9-20-14-5-3-2-4-12(14)16/h2-8,16H,9H2,1H3,(H,17,18). The summed E-state index contributed by atoms with van der Waals surface area (Å²) < 4.78 is 10.4. The first-order chi connectivity index (χ1) is 9.61. The summed E-state index contributed by atoms with van der Waals surface area (Å²) in [6.45, 7) is 0.155. The quantitative estimate of drug-likeness (QED) is 0.876. The minimum atomic E-state index is -1.06. The second-order valence-corrected chi connectivity index (χ2v) is 4.10. The zero-order valence-corrected chi connectivity index (χ0v) is 10.9. The molecule has 2 aromatic rings. The first-order valence-corrected chi connectivity index (χ1v) is 5.93. The molecule has 5 heteroatoms. The van der Waals surface area contributed by atoms with E-state index in [0.29, 0.717) is 17.1 Å². The predicted octanol–water partition coefficient (Wildman–Crippen LogP) is 2.68. The summed E-state index contributed by atoms with van der Waals surface area (Å²) >= 11 is 0. The van der Waals surface area contributed by atoms with Gasteiger partial charge in [0.05, 0.1) is 7.11 Å². The molecule has 2 aromatic carbocycles. The molecular weight excluding hydrogens is 260 g/mol. The first kappa shape index (κ1) is 13.7. The Hall–Kier alpha value is -2.69. The molecule has 0 aliphatic carbocycles. The fourth-order valence-electron chi connectivity index (χ4n) is 1.75. The number of aromatic carboxylic acids is 1. The third kappa shape index (κ3) is 3.00. The molecule has 0 saturated heterocycles. The Morgan fingerprint density at radius 2 is 1.90 bits per heavy atom. The number of ether oxygens (including phenoxy) is 2. The highest BCUT2D eigenvalue weighted by molar-refractivity contribution is 5.91. The van der Waals surface area contributed by atoms with Crippen molar-refractivity contribution in [2.45, 2.75) is 6.61 Å². The minimum absolute atomic E-state index is 0.0412. The lowest BCUT2D eigenvalue weighted by Gasteiger charge is -2.10. The van der Waals surface area contributed by atoms with E-state index < -0.39 is 5.97 Å². The molecule has 0 aromatic heterocycles. The molecule has 0 aliphatic heterocycles. The lowest BCUT2D eigenvalue weighted by Crippen LogP contribution is -2.03. The third-order valence-electron chi connectivity index (χ3n) is 2.75. The fourth-order valence-corrected chi connectivity index (χ4v) is 1.75. The van der Waals surface area contributed by atoms with E-state index in [1.54, 1.807) is 30.3 Å². The highest BCUT2D eigenvalue weighted by atomic mass is 16.5. The Morgan fingerprint density at radius 1 is 1.15 bits per heavy atom. The largest absolute Gasteiger partial charge is 0.504 e. The van der Waals surface area contributed by atoms with E-state index in [9.17, 15) is 9.90 Å². The number of aromatic hydroxyl groups is 1. The van der Waals surface area contributed by atoms with Crippen LogP contribution in [0.3, 0.4) is 0 Å². The van der Waals surface area contributed by atoms with Crippen molar-refractivity contribution in [1.82, 2.24) is 0 Å². The normalized spacial score (nSPS) is 10.1. The monoisotopic (exact) mass is 274 g/mol. The lowest BCUT2D eigenvalue weighted by atomic mass is 10.1. The predicted molar refractivity (Wildman–Crippen MR) is 72.4 cm³/mol. The van der Waals surface area contributed by atoms with Crippen molar-refractivity contribution in [1.29, 1.82) is 0 Å². The summed E-state index contributed by atoms with van der Waals surface area (Å²) in [5.74, 6) is -0.380. The molecule has 0 aliphatic rings. The number of phenols is 1. The number of methoxy groups -OCH3 is 1. The van der Waals surface area contributed by atoms with Crippen LogP contribution in [0.2, 0.25) is 0 Å². The summed E-state index contributed by atoms with van der Waals surface area (Å²) in [4.78, 5) is 11.1. The minimum Gasteiger partial charge on any atom is -0.504 e. The summed E-state index contributed by atoms with van der Waals surface area (Å²) in [6, 6.07) is 11.4. The molecule has 5 nitrogen and oxygen atoms in total. The van der Waals surface area contributed by atoms with Gasteiger partial charge in [-0.15, -0.1) is 0 Å². The van der Waals surface area contributed by atoms with E-state index >= 15 is 0 Å². The molecule has 0 radical (unpaired) electrons. The van der Waals surface area contributed by atoms with E-state index in [2.05, 4.69) is 0 Å². The van der Waals surface area contributed by atoms with Crippen LogP contribution in [0.1, 0.15) is 15.9 Å². The number of carbonyl (C=O) groups is 1. The molecule has 20 heavy (non-hydrogen) atoms. The van der Waals surface area contributed by atoms with E-state index in [4.69, 9.17) is 14.6 Å². The molecule has 0 fully saturated rings. The van der Waals surface area contributed by atoms with Crippen molar-refractivity contribution in [3.63, 3.8) is 0 Å². The smallest absolute Gasteiger partial charge is 0.339 e. The van der Waals surface area contributed by atoms with Crippen molar-refractivity contribution >= 4 is 5.97 Å². The van der Waals surface area contributed by atoms with Gasteiger partial charge in [0.15, 0.2) is 11.5 Å². The van der Waals surface area contributed by atoms with Crippen LogP contribution in [0.5, 0.6) is 17.2 Å². The van der Waals surface area contributed by atoms with Crippen molar-refractivity contribution in [2.24, 2.45) is 0 Å². The van der Waals surface area contributed by atoms with Crippen LogP contribution in [0.25, 0.3) is 0 Å². The maximum atomic E-state index is 11.1. The van der Waals surface area contributed by atoms with E-state index in [-0.39, 0.29) is 17.9 Å². The Kier molecular flexibility index (Phi) is 4.10. The van der Waals surface area contributed by atoms with Crippen LogP contribution in [0, 0.1) is 0 Å². The topological polar surface area (TPSA) is 76.0 Å². The molecule has 0 atom stereocenters. The van der Waals surface area contributed by atoms with Gasteiger partial charge in [0.2, 0.25) is 0 Å². The molecule has 0 unspecified atom stereocenters. The highest BCUT2D eigenvalue weighted by Crippen LogP contribution is 2.26. The second kappa shape index (κ2) is 5.97. The van der Waals surface area contributed by atoms with Gasteiger partial charge in [-0.2, -0.15) is 0 Å². The lowest BCUT2D eigenvalue weighted by molar-refractivity contribution is 0.0693. The van der Waals surface area contributed by atoms with Crippen LogP contribution in [0.15, 0.2) is 42.5 Å². The van der Waals surface area contributed by atoms with Crippen LogP contribution < -0.4 is 9.47 Å². The van der Waals surface area contributed by atoms with Crippen molar-refractivity contribution in [2.75, 3.05) is 7.11 Å². The van der Waals surface area contributed by atoms with Gasteiger partial charge in [0, 0.05) is 0 Å². The number of benzene rings is 2. The Morgan fingerprint density at radius 3 is 2.55 bits per heavy atom. The van der Waals surface area contributed by atoms with Gasteiger partial charge in [-0.3, -0.25) is 0 Å². The average molecular weight is 274 g/mol. The van der Waals surface area contributed by atoms with Crippen LogP contribution in [-0.4, -0.2) is 23.3 Å². The summed E-state index contributed by atoms with van der Waals surface area (Å²) in [6.07, 6.45) is 0. The van der Waals surface area contributed by atoms with Crippen molar-refractivity contribution in [3.8, 4) is 17.2 Å². The number of carboxylic acid groups (broad SMARTS) is 1. The van der Waals surface area contributed by atoms with Crippen LogP contribution >= 0.6 is 0 Å². The number of para-hydroxylation sites is 2. The summed E-state index contributed by atoms with van der Waals surface area (Å²) in [7, 11) is 1.42. The van der Waals surface area contributed by atoms with Crippen molar-refractivity contribution in [3.05, 3.63) is 53.6 Å². The SMILES string of the molecule is COc1ccc(COc2ccccc2O)cc1C(=O)O. The molecule has 104 valence electrons. The maximum Gasteiger partial charge on any atom is 0.339 e. The van der Waals surface area contributed by atoms with E-state index in [1.807, 2.05) is 0 Å². The highest BCUT2D eigenvalue weighted by Gasteiger charge is 2.12. The Bertz CT molecular complexity index is 621. The molecule has 0 bridgehead atoms. The molecule has 2 rings (SSSR count). The van der Waals surface area contributed by atoms with Gasteiger partial charge in [-0.05, 0) is 29.8 Å². The zero-order chi connectivity index (χ0) is 14.5. The van der Waals surface area contributed by atoms with Gasteiger partial charge in [0.1, 0.15) is 17.9 Å². The zero-order valence-electron chi connectivity index (χ0n) is 10.9. The third-order valence-corrected chi connectivity index (χ3v) is 2.75. The average Bonchev–Trinajstić information content (AvgIpc) is 2.46. The molecule has 0 saturated carbocycles. The number of rotatable bonds is 5. The first-order valence-electron chi connectivity index (χ1n) is 5.93. The van der Waals surface area contributed by atoms with Gasteiger partial charge in [-0.1, -0.05) is 18.2 Å². The van der Waals surface area contributed by atoms with Gasteiger partial charge in [0.25, 0.3) is 0 Å². The number of hydrogen-bond acceptors (Lipinski definition) is 4. The number of carboxylic acids is 1. The van der Waals surface area contributed by atoms with Crippen LogP contribution in [0.4, 0.5) is 0 Å². The molecule has 0 amide bonds. The molecule has 2 N–H and O–H groups in total. The summed E-state index contributed by atoms with van der Waals surface area (Å²) in [5.41, 5.74) is 0.748. The fraction of sp³-hybridized carbons (Fsp3) is 0.133. The number of hydrogen-bond donors (Lipinski definition) is 2. The van der Waals surface area contributed by atoms with E-state index in [1.165, 1.54) is 19.2 Å². The molecule has 0 spiro atoms. The Labute approximate surface area is 116 Å². The van der Waals surface area contributed by atoms with Crippen molar-refractivity contribution < 1.29 is 24.5 Å². The Balaban J connectivity index is 2.16. The van der Waals surface area contributed by atoms with Crippen LogP contribution in [-0.2, 0) is 6.61 Å². The molecule has 0 heterocycles. The van der Waals surface area contributed by atoms with Gasteiger partial charge in [-0.25, -0.2) is 4.79 Å². The molecular formula is C15H14O5. The summed E-state index contributed by atoms with van der Waals surface area (Å²) in [5, 5.41) is 18.7. The second-order valence-electron chi connectivity index (χ2n) is 4.10. The van der Waals surface area contributed by atoms with Gasteiger partial charge < -0.3 is 19.7 Å². The number of phenolic OH excluding ortho intramolecular Hbond substituents is 1. The maximum absolute atomic E-state index is 11.1.